The number of benzene rings is 1. The molecular formula is C22H31IN4O3. The summed E-state index contributed by atoms with van der Waals surface area (Å²) in [4.78, 5) is 16.5. The lowest BCUT2D eigenvalue weighted by molar-refractivity contribution is 0.0926. The van der Waals surface area contributed by atoms with Crippen molar-refractivity contribution in [1.82, 2.24) is 16.0 Å². The average Bonchev–Trinajstić information content (AvgIpc) is 3.38. The topological polar surface area (TPSA) is 87.9 Å². The van der Waals surface area contributed by atoms with E-state index < -0.39 is 0 Å². The van der Waals surface area contributed by atoms with Crippen LogP contribution in [-0.4, -0.2) is 38.1 Å². The van der Waals surface area contributed by atoms with Crippen LogP contribution in [-0.2, 0) is 6.54 Å². The van der Waals surface area contributed by atoms with Crippen molar-refractivity contribution in [3.05, 3.63) is 53.5 Å². The summed E-state index contributed by atoms with van der Waals surface area (Å²) >= 11 is 0. The standard InChI is InChI=1S/C22H30N4O3.HI/c1-3-23-22(25-11-10-24-21(27)19-5-4-12-28-19)26-14-18-9-6-16(2)13-20(18)29-15-17-7-8-17;/h4-6,9,12-13,17H,3,7-8,10-11,14-15H2,1-2H3,(H,24,27)(H2,23,25,26);1H. The molecule has 0 bridgehead atoms. The van der Waals surface area contributed by atoms with Gasteiger partial charge in [-0.05, 0) is 56.4 Å². The van der Waals surface area contributed by atoms with Gasteiger partial charge in [0, 0.05) is 25.2 Å². The Morgan fingerprint density at radius 3 is 2.70 bits per heavy atom. The van der Waals surface area contributed by atoms with Crippen molar-refractivity contribution in [1.29, 1.82) is 0 Å². The zero-order valence-corrected chi connectivity index (χ0v) is 19.9. The first kappa shape index (κ1) is 24.0. The van der Waals surface area contributed by atoms with Crippen molar-refractivity contribution >= 4 is 35.8 Å². The lowest BCUT2D eigenvalue weighted by Gasteiger charge is -2.14. The largest absolute Gasteiger partial charge is 0.493 e. The number of ether oxygens (including phenoxy) is 1. The SMILES string of the molecule is CCNC(=NCc1ccc(C)cc1OCC1CC1)NCCNC(=O)c1ccco1.I. The van der Waals surface area contributed by atoms with Gasteiger partial charge in [-0.3, -0.25) is 4.79 Å². The Bertz CT molecular complexity index is 820. The van der Waals surface area contributed by atoms with Gasteiger partial charge in [-0.1, -0.05) is 12.1 Å². The second-order valence-electron chi connectivity index (χ2n) is 7.22. The van der Waals surface area contributed by atoms with Gasteiger partial charge >= 0.3 is 0 Å². The summed E-state index contributed by atoms with van der Waals surface area (Å²) in [6.45, 7) is 7.17. The maximum Gasteiger partial charge on any atom is 0.287 e. The lowest BCUT2D eigenvalue weighted by atomic mass is 10.1. The first-order valence-corrected chi connectivity index (χ1v) is 10.2. The van der Waals surface area contributed by atoms with Crippen LogP contribution in [0.3, 0.4) is 0 Å². The number of nitrogens with zero attached hydrogens (tertiary/aromatic N) is 1. The van der Waals surface area contributed by atoms with Crippen molar-refractivity contribution in [3.63, 3.8) is 0 Å². The molecule has 0 radical (unpaired) electrons. The fourth-order valence-corrected chi connectivity index (χ4v) is 2.78. The zero-order chi connectivity index (χ0) is 20.5. The Morgan fingerprint density at radius 2 is 2.00 bits per heavy atom. The number of amides is 1. The molecule has 0 saturated heterocycles. The monoisotopic (exact) mass is 526 g/mol. The third kappa shape index (κ3) is 7.89. The fraction of sp³-hybridized carbons (Fsp3) is 0.455. The van der Waals surface area contributed by atoms with E-state index in [1.165, 1.54) is 24.7 Å². The number of guanidine groups is 1. The summed E-state index contributed by atoms with van der Waals surface area (Å²) in [5, 5.41) is 9.27. The minimum Gasteiger partial charge on any atom is -0.493 e. The van der Waals surface area contributed by atoms with E-state index in [4.69, 9.17) is 9.15 Å². The molecular weight excluding hydrogens is 495 g/mol. The van der Waals surface area contributed by atoms with Gasteiger partial charge in [0.2, 0.25) is 0 Å². The molecule has 164 valence electrons. The van der Waals surface area contributed by atoms with Gasteiger partial charge in [0.15, 0.2) is 11.7 Å². The normalized spacial score (nSPS) is 13.3. The van der Waals surface area contributed by atoms with Gasteiger partial charge in [-0.2, -0.15) is 0 Å². The van der Waals surface area contributed by atoms with Gasteiger partial charge < -0.3 is 25.1 Å². The summed E-state index contributed by atoms with van der Waals surface area (Å²) in [5.74, 6) is 2.41. The van der Waals surface area contributed by atoms with Crippen molar-refractivity contribution < 1.29 is 13.9 Å². The average molecular weight is 526 g/mol. The van der Waals surface area contributed by atoms with Crippen LogP contribution in [0.25, 0.3) is 0 Å². The van der Waals surface area contributed by atoms with Crippen molar-refractivity contribution in [3.8, 4) is 5.75 Å². The summed E-state index contributed by atoms with van der Waals surface area (Å²) in [6.07, 6.45) is 4.02. The third-order valence-corrected chi connectivity index (χ3v) is 4.59. The van der Waals surface area contributed by atoms with Crippen LogP contribution in [0.4, 0.5) is 0 Å². The van der Waals surface area contributed by atoms with Crippen LogP contribution in [0.15, 0.2) is 46.0 Å². The Labute approximate surface area is 195 Å². The molecule has 30 heavy (non-hydrogen) atoms. The smallest absolute Gasteiger partial charge is 0.287 e. The number of nitrogens with one attached hydrogen (secondary N) is 3. The lowest BCUT2D eigenvalue weighted by Crippen LogP contribution is -2.41. The van der Waals surface area contributed by atoms with Crippen molar-refractivity contribution in [2.24, 2.45) is 10.9 Å². The van der Waals surface area contributed by atoms with Crippen LogP contribution in [0.5, 0.6) is 5.75 Å². The quantitative estimate of drug-likeness (QED) is 0.191. The van der Waals surface area contributed by atoms with E-state index in [1.54, 1.807) is 12.1 Å². The molecule has 1 fully saturated rings. The molecule has 0 unspecified atom stereocenters. The van der Waals surface area contributed by atoms with E-state index in [1.807, 2.05) is 6.92 Å². The molecule has 1 aromatic heterocycles. The first-order valence-electron chi connectivity index (χ1n) is 10.2. The van der Waals surface area contributed by atoms with Crippen LogP contribution >= 0.6 is 24.0 Å². The number of aliphatic imine (C=N–C) groups is 1. The molecule has 1 saturated carbocycles. The molecule has 1 aliphatic rings. The Kier molecular flexibility index (Phi) is 9.99. The van der Waals surface area contributed by atoms with Gasteiger partial charge in [-0.25, -0.2) is 4.99 Å². The highest BCUT2D eigenvalue weighted by molar-refractivity contribution is 14.0. The second kappa shape index (κ2) is 12.5. The molecule has 1 amide bonds. The molecule has 3 N–H and O–H groups in total. The Morgan fingerprint density at radius 1 is 1.20 bits per heavy atom. The van der Waals surface area contributed by atoms with Crippen molar-refractivity contribution in [2.75, 3.05) is 26.2 Å². The highest BCUT2D eigenvalue weighted by atomic mass is 127. The summed E-state index contributed by atoms with van der Waals surface area (Å²) < 4.78 is 11.1. The van der Waals surface area contributed by atoms with Crippen LogP contribution in [0, 0.1) is 12.8 Å². The van der Waals surface area contributed by atoms with Gasteiger partial charge in [-0.15, -0.1) is 24.0 Å². The number of furan rings is 1. The molecule has 8 heteroatoms. The Hall–Kier alpha value is -2.23. The van der Waals surface area contributed by atoms with E-state index in [0.717, 1.165) is 24.5 Å². The number of rotatable bonds is 10. The van der Waals surface area contributed by atoms with Crippen LogP contribution in [0.1, 0.15) is 41.4 Å². The van der Waals surface area contributed by atoms with Crippen LogP contribution in [0.2, 0.25) is 0 Å². The maximum atomic E-state index is 11.9. The first-order chi connectivity index (χ1) is 14.2. The molecule has 1 aliphatic carbocycles. The molecule has 0 aliphatic heterocycles. The highest BCUT2D eigenvalue weighted by Gasteiger charge is 2.22. The van der Waals surface area contributed by atoms with Crippen LogP contribution < -0.4 is 20.7 Å². The molecule has 1 heterocycles. The molecule has 1 aromatic carbocycles. The number of hydrogen-bond acceptors (Lipinski definition) is 4. The number of aryl methyl sites for hydroxylation is 1. The number of hydrogen-bond donors (Lipinski definition) is 3. The van der Waals surface area contributed by atoms with E-state index in [0.29, 0.717) is 37.3 Å². The minimum absolute atomic E-state index is 0. The number of halogens is 1. The third-order valence-electron chi connectivity index (χ3n) is 4.59. The molecule has 3 rings (SSSR count). The summed E-state index contributed by atoms with van der Waals surface area (Å²) in [7, 11) is 0. The molecule has 2 aromatic rings. The summed E-state index contributed by atoms with van der Waals surface area (Å²) in [6, 6.07) is 9.57. The number of carbonyl (C=O) groups is 1. The van der Waals surface area contributed by atoms with Gasteiger partial charge in [0.1, 0.15) is 5.75 Å². The Balaban J connectivity index is 0.00000320. The number of carbonyl (C=O) groups excluding carboxylic acids is 1. The molecule has 7 nitrogen and oxygen atoms in total. The van der Waals surface area contributed by atoms with E-state index >= 15 is 0 Å². The highest BCUT2D eigenvalue weighted by Crippen LogP contribution is 2.30. The van der Waals surface area contributed by atoms with Gasteiger partial charge in [0.25, 0.3) is 5.91 Å². The molecule has 0 atom stereocenters. The zero-order valence-electron chi connectivity index (χ0n) is 17.6. The van der Waals surface area contributed by atoms with Gasteiger partial charge in [0.05, 0.1) is 19.4 Å². The van der Waals surface area contributed by atoms with E-state index in [2.05, 4.69) is 46.1 Å². The summed E-state index contributed by atoms with van der Waals surface area (Å²) in [5.41, 5.74) is 2.25. The maximum absolute atomic E-state index is 11.9. The minimum atomic E-state index is -0.226. The van der Waals surface area contributed by atoms with Crippen molar-refractivity contribution in [2.45, 2.75) is 33.2 Å². The van der Waals surface area contributed by atoms with E-state index in [9.17, 15) is 4.79 Å². The second-order valence-corrected chi connectivity index (χ2v) is 7.22. The predicted octanol–water partition coefficient (Wildman–Crippen LogP) is 3.48. The molecule has 0 spiro atoms. The van der Waals surface area contributed by atoms with E-state index in [-0.39, 0.29) is 29.9 Å². The predicted molar refractivity (Wildman–Crippen MR) is 129 cm³/mol. The fourth-order valence-electron chi connectivity index (χ4n) is 2.78.